The third-order valence-electron chi connectivity index (χ3n) is 3.83. The summed E-state index contributed by atoms with van der Waals surface area (Å²) in [5.41, 5.74) is 1.03. The summed E-state index contributed by atoms with van der Waals surface area (Å²) in [4.78, 5) is 14.5. The Balaban J connectivity index is 2.08. The molecule has 124 valence electrons. The Morgan fingerprint density at radius 1 is 1.08 bits per heavy atom. The van der Waals surface area contributed by atoms with E-state index in [0.717, 1.165) is 0 Å². The minimum Gasteiger partial charge on any atom is -0.495 e. The van der Waals surface area contributed by atoms with Gasteiger partial charge >= 0.3 is 0 Å². The molecule has 3 rings (SSSR count). The molecule has 1 aliphatic heterocycles. The molecule has 24 heavy (non-hydrogen) atoms. The molecule has 0 spiro atoms. The highest BCUT2D eigenvalue weighted by atomic mass is 32.2. The van der Waals surface area contributed by atoms with Gasteiger partial charge in [0.1, 0.15) is 5.75 Å². The van der Waals surface area contributed by atoms with E-state index in [0.29, 0.717) is 17.0 Å². The number of anilines is 1. The molecule has 2 aromatic rings. The Kier molecular flexibility index (Phi) is 4.40. The van der Waals surface area contributed by atoms with Crippen LogP contribution in [0.3, 0.4) is 0 Å². The number of carbonyl (C=O) groups is 1. The average molecular weight is 343 g/mol. The number of ether oxygens (including phenoxy) is 1. The zero-order chi connectivity index (χ0) is 17.2. The van der Waals surface area contributed by atoms with Gasteiger partial charge in [0.2, 0.25) is 0 Å². The number of rotatable bonds is 4. The Hall–Kier alpha value is -2.60. The molecule has 0 aliphatic carbocycles. The molecule has 6 heteroatoms. The SMILES string of the molecule is COc1ccccc1N(C(=O)c1ccccc1)C1C=CS(=O)(=O)C1. The van der Waals surface area contributed by atoms with Crippen molar-refractivity contribution < 1.29 is 17.9 Å². The standard InChI is InChI=1S/C18H17NO4S/c1-23-17-10-6-5-9-16(17)19(15-11-12-24(21,22)13-15)18(20)14-7-3-2-4-8-14/h2-12,15H,13H2,1H3. The first-order valence-corrected chi connectivity index (χ1v) is 9.16. The Bertz CT molecular complexity index is 875. The van der Waals surface area contributed by atoms with Gasteiger partial charge in [0.15, 0.2) is 9.84 Å². The highest BCUT2D eigenvalue weighted by Crippen LogP contribution is 2.32. The van der Waals surface area contributed by atoms with Crippen molar-refractivity contribution >= 4 is 21.4 Å². The van der Waals surface area contributed by atoms with E-state index in [1.54, 1.807) is 54.6 Å². The van der Waals surface area contributed by atoms with Crippen LogP contribution in [-0.2, 0) is 9.84 Å². The molecule has 5 nitrogen and oxygen atoms in total. The summed E-state index contributed by atoms with van der Waals surface area (Å²) in [6.07, 6.45) is 1.54. The van der Waals surface area contributed by atoms with Crippen molar-refractivity contribution in [3.63, 3.8) is 0 Å². The fourth-order valence-electron chi connectivity index (χ4n) is 2.71. The van der Waals surface area contributed by atoms with Crippen LogP contribution in [-0.4, -0.2) is 33.2 Å². The summed E-state index contributed by atoms with van der Waals surface area (Å²) >= 11 is 0. The van der Waals surface area contributed by atoms with E-state index in [1.807, 2.05) is 6.07 Å². The second kappa shape index (κ2) is 6.49. The van der Waals surface area contributed by atoms with E-state index in [4.69, 9.17) is 4.74 Å². The van der Waals surface area contributed by atoms with Crippen molar-refractivity contribution in [1.82, 2.24) is 0 Å². The van der Waals surface area contributed by atoms with Crippen molar-refractivity contribution in [2.75, 3.05) is 17.8 Å². The van der Waals surface area contributed by atoms with E-state index >= 15 is 0 Å². The number of para-hydroxylation sites is 2. The summed E-state index contributed by atoms with van der Waals surface area (Å²) in [7, 11) is -1.78. The molecule has 1 unspecified atom stereocenters. The number of sulfone groups is 1. The number of benzene rings is 2. The van der Waals surface area contributed by atoms with Crippen molar-refractivity contribution in [3.8, 4) is 5.75 Å². The molecular formula is C18H17NO4S. The highest BCUT2D eigenvalue weighted by Gasteiger charge is 2.33. The van der Waals surface area contributed by atoms with E-state index in [-0.39, 0.29) is 11.7 Å². The largest absolute Gasteiger partial charge is 0.495 e. The van der Waals surface area contributed by atoms with Gasteiger partial charge in [-0.3, -0.25) is 9.69 Å². The molecule has 0 radical (unpaired) electrons. The second-order valence-electron chi connectivity index (χ2n) is 5.44. The third-order valence-corrected chi connectivity index (χ3v) is 5.20. The van der Waals surface area contributed by atoms with Gasteiger partial charge < -0.3 is 4.74 Å². The van der Waals surface area contributed by atoms with Gasteiger partial charge in [-0.1, -0.05) is 30.3 Å². The van der Waals surface area contributed by atoms with Crippen LogP contribution in [0.1, 0.15) is 10.4 Å². The lowest BCUT2D eigenvalue weighted by molar-refractivity contribution is 0.0982. The van der Waals surface area contributed by atoms with Crippen LogP contribution in [0, 0.1) is 0 Å². The molecule has 0 aromatic heterocycles. The first-order chi connectivity index (χ1) is 11.5. The van der Waals surface area contributed by atoms with Crippen molar-refractivity contribution in [1.29, 1.82) is 0 Å². The van der Waals surface area contributed by atoms with E-state index < -0.39 is 15.9 Å². The Morgan fingerprint density at radius 3 is 2.38 bits per heavy atom. The summed E-state index contributed by atoms with van der Waals surface area (Å²) < 4.78 is 29.0. The van der Waals surface area contributed by atoms with Crippen molar-refractivity contribution in [2.45, 2.75) is 6.04 Å². The lowest BCUT2D eigenvalue weighted by atomic mass is 10.1. The first-order valence-electron chi connectivity index (χ1n) is 7.44. The molecule has 1 amide bonds. The maximum atomic E-state index is 13.1. The van der Waals surface area contributed by atoms with Crippen LogP contribution in [0.4, 0.5) is 5.69 Å². The maximum Gasteiger partial charge on any atom is 0.258 e. The monoisotopic (exact) mass is 343 g/mol. The van der Waals surface area contributed by atoms with Crippen molar-refractivity contribution in [3.05, 3.63) is 71.6 Å². The molecule has 0 saturated heterocycles. The molecule has 2 aromatic carbocycles. The topological polar surface area (TPSA) is 63.7 Å². The highest BCUT2D eigenvalue weighted by molar-refractivity contribution is 7.94. The second-order valence-corrected chi connectivity index (χ2v) is 7.37. The van der Waals surface area contributed by atoms with Crippen LogP contribution in [0.5, 0.6) is 5.75 Å². The summed E-state index contributed by atoms with van der Waals surface area (Å²) in [5.74, 6) is 0.107. The van der Waals surface area contributed by atoms with E-state index in [2.05, 4.69) is 0 Å². The smallest absolute Gasteiger partial charge is 0.258 e. The van der Waals surface area contributed by atoms with Gasteiger partial charge in [0.25, 0.3) is 5.91 Å². The summed E-state index contributed by atoms with van der Waals surface area (Å²) in [5, 5.41) is 1.17. The van der Waals surface area contributed by atoms with Gasteiger partial charge in [0.05, 0.1) is 24.6 Å². The lowest BCUT2D eigenvalue weighted by Crippen LogP contribution is -2.41. The molecule has 1 aliphatic rings. The molecule has 0 fully saturated rings. The first kappa shape index (κ1) is 16.3. The molecular weight excluding hydrogens is 326 g/mol. The quantitative estimate of drug-likeness (QED) is 0.856. The van der Waals surface area contributed by atoms with Crippen molar-refractivity contribution in [2.24, 2.45) is 0 Å². The zero-order valence-corrected chi connectivity index (χ0v) is 13.9. The van der Waals surface area contributed by atoms with Gasteiger partial charge in [-0.15, -0.1) is 0 Å². The maximum absolute atomic E-state index is 13.1. The fraction of sp³-hybridized carbons (Fsp3) is 0.167. The van der Waals surface area contributed by atoms with Crippen LogP contribution >= 0.6 is 0 Å². The van der Waals surface area contributed by atoms with E-state index in [9.17, 15) is 13.2 Å². The predicted octanol–water partition coefficient (Wildman–Crippen LogP) is 2.65. The molecule has 1 heterocycles. The van der Waals surface area contributed by atoms with Crippen LogP contribution in [0.15, 0.2) is 66.1 Å². The van der Waals surface area contributed by atoms with Gasteiger partial charge in [0, 0.05) is 11.0 Å². The molecule has 0 bridgehead atoms. The lowest BCUT2D eigenvalue weighted by Gasteiger charge is -2.29. The molecule has 0 saturated carbocycles. The van der Waals surface area contributed by atoms with E-state index in [1.165, 1.54) is 17.4 Å². The number of amides is 1. The van der Waals surface area contributed by atoms with Gasteiger partial charge in [-0.2, -0.15) is 0 Å². The number of hydrogen-bond acceptors (Lipinski definition) is 4. The number of nitrogens with zero attached hydrogens (tertiary/aromatic N) is 1. The molecule has 0 N–H and O–H groups in total. The Labute approximate surface area is 141 Å². The number of carbonyl (C=O) groups excluding carboxylic acids is 1. The Morgan fingerprint density at radius 2 is 1.75 bits per heavy atom. The molecule has 1 atom stereocenters. The number of hydrogen-bond donors (Lipinski definition) is 0. The summed E-state index contributed by atoms with van der Waals surface area (Å²) in [6.45, 7) is 0. The normalized spacial score (nSPS) is 18.3. The fourth-order valence-corrected chi connectivity index (χ4v) is 3.98. The zero-order valence-electron chi connectivity index (χ0n) is 13.1. The minimum absolute atomic E-state index is 0.135. The third kappa shape index (κ3) is 3.19. The summed E-state index contributed by atoms with van der Waals surface area (Å²) in [6, 6.07) is 15.3. The van der Waals surface area contributed by atoms with Crippen LogP contribution in [0.2, 0.25) is 0 Å². The number of methoxy groups -OCH3 is 1. The van der Waals surface area contributed by atoms with Crippen LogP contribution < -0.4 is 9.64 Å². The van der Waals surface area contributed by atoms with Crippen LogP contribution in [0.25, 0.3) is 0 Å². The average Bonchev–Trinajstić information content (AvgIpc) is 2.96. The minimum atomic E-state index is -3.30. The van der Waals surface area contributed by atoms with Gasteiger partial charge in [-0.25, -0.2) is 8.42 Å². The predicted molar refractivity (Wildman–Crippen MR) is 93.0 cm³/mol. The van der Waals surface area contributed by atoms with Gasteiger partial charge in [-0.05, 0) is 30.3 Å².